The molecule has 1 saturated heterocycles. The smallest absolute Gasteiger partial charge is 0.278 e. The quantitative estimate of drug-likeness (QED) is 0.517. The number of fused-ring (bicyclic) bond motifs is 1. The Bertz CT molecular complexity index is 1370. The number of para-hydroxylation sites is 1. The van der Waals surface area contributed by atoms with Crippen molar-refractivity contribution in [2.24, 2.45) is 0 Å². The van der Waals surface area contributed by atoms with Gasteiger partial charge in [-0.1, -0.05) is 18.2 Å². The summed E-state index contributed by atoms with van der Waals surface area (Å²) in [4.78, 5) is 30.9. The number of aromatic amines is 1. The van der Waals surface area contributed by atoms with Crippen LogP contribution in [0.2, 0.25) is 0 Å². The van der Waals surface area contributed by atoms with Crippen molar-refractivity contribution in [2.45, 2.75) is 25.7 Å². The van der Waals surface area contributed by atoms with Gasteiger partial charge < -0.3 is 14.6 Å². The van der Waals surface area contributed by atoms with Crippen LogP contribution in [-0.2, 0) is 0 Å². The summed E-state index contributed by atoms with van der Waals surface area (Å²) in [5.74, 6) is 0.863. The van der Waals surface area contributed by atoms with E-state index in [9.17, 15) is 9.59 Å². The van der Waals surface area contributed by atoms with Crippen LogP contribution in [0, 0.1) is 6.92 Å². The van der Waals surface area contributed by atoms with Crippen LogP contribution in [0.5, 0.6) is 5.75 Å². The third-order valence-corrected chi connectivity index (χ3v) is 6.45. The number of aryl methyl sites for hydroxylation is 1. The number of ether oxygens (including phenoxy) is 1. The molecule has 0 radical (unpaired) electrons. The molecule has 1 N–H and O–H groups in total. The fraction of sp³-hybridized carbons (Fsp3) is 0.269. The molecule has 3 heterocycles. The molecule has 2 aromatic carbocycles. The Morgan fingerprint density at radius 3 is 2.58 bits per heavy atom. The van der Waals surface area contributed by atoms with Crippen LogP contribution in [0.4, 0.5) is 0 Å². The van der Waals surface area contributed by atoms with Crippen molar-refractivity contribution in [3.63, 3.8) is 0 Å². The molecule has 5 rings (SSSR count). The summed E-state index contributed by atoms with van der Waals surface area (Å²) in [6, 6.07) is 17.0. The van der Waals surface area contributed by atoms with Crippen LogP contribution < -0.4 is 10.2 Å². The van der Waals surface area contributed by atoms with Gasteiger partial charge in [-0.2, -0.15) is 5.10 Å². The average molecular weight is 443 g/mol. The number of benzene rings is 2. The lowest BCUT2D eigenvalue weighted by atomic mass is 9.89. The predicted octanol–water partition coefficient (Wildman–Crippen LogP) is 4.05. The summed E-state index contributed by atoms with van der Waals surface area (Å²) >= 11 is 0. The summed E-state index contributed by atoms with van der Waals surface area (Å²) in [5, 5.41) is 5.60. The number of H-pyrrole nitrogens is 1. The van der Waals surface area contributed by atoms with E-state index in [0.29, 0.717) is 24.7 Å². The van der Waals surface area contributed by atoms with Gasteiger partial charge in [0.05, 0.1) is 12.8 Å². The van der Waals surface area contributed by atoms with E-state index < -0.39 is 0 Å². The highest BCUT2D eigenvalue weighted by Gasteiger charge is 2.28. The van der Waals surface area contributed by atoms with Gasteiger partial charge >= 0.3 is 0 Å². The van der Waals surface area contributed by atoms with Crippen molar-refractivity contribution in [3.8, 4) is 11.4 Å². The van der Waals surface area contributed by atoms with Gasteiger partial charge in [0.1, 0.15) is 5.75 Å². The minimum absolute atomic E-state index is 0.0280. The number of rotatable bonds is 4. The molecule has 33 heavy (non-hydrogen) atoms. The topological polar surface area (TPSA) is 80.2 Å². The van der Waals surface area contributed by atoms with Gasteiger partial charge in [-0.25, -0.2) is 4.68 Å². The van der Waals surface area contributed by atoms with E-state index in [-0.39, 0.29) is 17.0 Å². The molecule has 1 aliphatic rings. The Morgan fingerprint density at radius 1 is 1.09 bits per heavy atom. The zero-order valence-electron chi connectivity index (χ0n) is 18.7. The third kappa shape index (κ3) is 3.91. The monoisotopic (exact) mass is 442 g/mol. The number of carbonyl (C=O) groups excluding carboxylic acids is 1. The lowest BCUT2D eigenvalue weighted by Gasteiger charge is -2.31. The number of aromatic nitrogens is 3. The standard InChI is InChI=1S/C26H26N4O3/c1-17-14-24(31)25(28-30(17)19-6-4-3-5-7-19)26(32)29-12-10-18(11-13-29)22-16-27-23-9-8-20(33-2)15-21(22)23/h3-9,14-16,18,27H,10-13H2,1-2H3. The zero-order valence-corrected chi connectivity index (χ0v) is 18.7. The highest BCUT2D eigenvalue weighted by molar-refractivity contribution is 5.92. The predicted molar refractivity (Wildman–Crippen MR) is 127 cm³/mol. The Labute approximate surface area is 191 Å². The van der Waals surface area contributed by atoms with Gasteiger partial charge in [-0.05, 0) is 61.6 Å². The van der Waals surface area contributed by atoms with Crippen LogP contribution in [0.15, 0.2) is 65.6 Å². The Morgan fingerprint density at radius 2 is 1.85 bits per heavy atom. The van der Waals surface area contributed by atoms with Gasteiger partial charge in [0.25, 0.3) is 5.91 Å². The average Bonchev–Trinajstić information content (AvgIpc) is 3.27. The summed E-state index contributed by atoms with van der Waals surface area (Å²) in [6.07, 6.45) is 3.72. The van der Waals surface area contributed by atoms with Gasteiger partial charge in [0, 0.05) is 41.9 Å². The van der Waals surface area contributed by atoms with Crippen molar-refractivity contribution in [2.75, 3.05) is 20.2 Å². The molecule has 1 amide bonds. The maximum atomic E-state index is 13.2. The molecule has 2 aromatic heterocycles. The van der Waals surface area contributed by atoms with E-state index in [1.807, 2.05) is 49.4 Å². The Hall–Kier alpha value is -3.87. The first kappa shape index (κ1) is 21.0. The highest BCUT2D eigenvalue weighted by atomic mass is 16.5. The fourth-order valence-electron chi connectivity index (χ4n) is 4.66. The van der Waals surface area contributed by atoms with Crippen LogP contribution in [0.25, 0.3) is 16.6 Å². The second kappa shape index (κ2) is 8.58. The number of piperidine rings is 1. The summed E-state index contributed by atoms with van der Waals surface area (Å²) in [6.45, 7) is 2.98. The van der Waals surface area contributed by atoms with Crippen molar-refractivity contribution in [1.82, 2.24) is 19.7 Å². The number of nitrogens with one attached hydrogen (secondary N) is 1. The number of nitrogens with zero attached hydrogens (tertiary/aromatic N) is 3. The molecule has 4 aromatic rings. The number of hydrogen-bond donors (Lipinski definition) is 1. The molecule has 1 fully saturated rings. The normalized spacial score (nSPS) is 14.5. The fourth-order valence-corrected chi connectivity index (χ4v) is 4.66. The molecule has 7 nitrogen and oxygen atoms in total. The molecule has 168 valence electrons. The molecule has 1 aliphatic heterocycles. The van der Waals surface area contributed by atoms with Crippen LogP contribution >= 0.6 is 0 Å². The molecule has 0 spiro atoms. The van der Waals surface area contributed by atoms with E-state index in [4.69, 9.17) is 4.74 Å². The lowest BCUT2D eigenvalue weighted by molar-refractivity contribution is 0.0704. The van der Waals surface area contributed by atoms with E-state index >= 15 is 0 Å². The van der Waals surface area contributed by atoms with Crippen molar-refractivity contribution in [1.29, 1.82) is 0 Å². The highest BCUT2D eigenvalue weighted by Crippen LogP contribution is 2.34. The van der Waals surface area contributed by atoms with E-state index in [1.165, 1.54) is 11.6 Å². The van der Waals surface area contributed by atoms with E-state index in [0.717, 1.165) is 35.2 Å². The third-order valence-electron chi connectivity index (χ3n) is 6.45. The number of likely N-dealkylation sites (tertiary alicyclic amines) is 1. The minimum Gasteiger partial charge on any atom is -0.497 e. The van der Waals surface area contributed by atoms with E-state index in [2.05, 4.69) is 22.3 Å². The first-order valence-electron chi connectivity index (χ1n) is 11.2. The number of amides is 1. The van der Waals surface area contributed by atoms with Crippen LogP contribution in [-0.4, -0.2) is 45.8 Å². The Balaban J connectivity index is 1.36. The molecule has 0 saturated carbocycles. The maximum absolute atomic E-state index is 13.2. The van der Waals surface area contributed by atoms with Gasteiger partial charge in [-0.3, -0.25) is 9.59 Å². The van der Waals surface area contributed by atoms with Crippen molar-refractivity contribution >= 4 is 16.8 Å². The van der Waals surface area contributed by atoms with Gasteiger partial charge in [0.2, 0.25) is 5.43 Å². The second-order valence-electron chi connectivity index (χ2n) is 8.47. The lowest BCUT2D eigenvalue weighted by Crippen LogP contribution is -2.41. The zero-order chi connectivity index (χ0) is 22.9. The van der Waals surface area contributed by atoms with Crippen LogP contribution in [0.3, 0.4) is 0 Å². The molecular formula is C26H26N4O3. The number of carbonyl (C=O) groups is 1. The summed E-state index contributed by atoms with van der Waals surface area (Å²) in [5.41, 5.74) is 3.47. The SMILES string of the molecule is COc1ccc2[nH]cc(C3CCN(C(=O)c4nn(-c5ccccc5)c(C)cc4=O)CC3)c2c1. The van der Waals surface area contributed by atoms with Gasteiger partial charge in [-0.15, -0.1) is 0 Å². The molecule has 0 atom stereocenters. The van der Waals surface area contributed by atoms with Gasteiger partial charge in [0.15, 0.2) is 5.69 Å². The maximum Gasteiger partial charge on any atom is 0.278 e. The molecule has 0 aliphatic carbocycles. The van der Waals surface area contributed by atoms with Crippen LogP contribution in [0.1, 0.15) is 40.5 Å². The second-order valence-corrected chi connectivity index (χ2v) is 8.47. The number of methoxy groups -OCH3 is 1. The van der Waals surface area contributed by atoms with Crippen molar-refractivity contribution < 1.29 is 9.53 Å². The summed E-state index contributed by atoms with van der Waals surface area (Å²) < 4.78 is 7.04. The van der Waals surface area contributed by atoms with Crippen molar-refractivity contribution in [3.05, 3.63) is 88.0 Å². The molecule has 0 bridgehead atoms. The number of hydrogen-bond acceptors (Lipinski definition) is 4. The molecule has 0 unspecified atom stereocenters. The molecular weight excluding hydrogens is 416 g/mol. The molecule has 7 heteroatoms. The first-order valence-corrected chi connectivity index (χ1v) is 11.2. The largest absolute Gasteiger partial charge is 0.497 e. The Kier molecular flexibility index (Phi) is 5.46. The van der Waals surface area contributed by atoms with E-state index in [1.54, 1.807) is 16.7 Å². The summed E-state index contributed by atoms with van der Waals surface area (Å²) in [7, 11) is 1.67. The minimum atomic E-state index is -0.337. The first-order chi connectivity index (χ1) is 16.0.